The summed E-state index contributed by atoms with van der Waals surface area (Å²) in [4.78, 5) is 8.51. The molecule has 1 heterocycles. The fourth-order valence-electron chi connectivity index (χ4n) is 2.32. The second kappa shape index (κ2) is 5.43. The van der Waals surface area contributed by atoms with Gasteiger partial charge in [-0.15, -0.1) is 0 Å². The lowest BCUT2D eigenvalue weighted by Gasteiger charge is -2.34. The fraction of sp³-hybridized carbons (Fsp3) is 0.714. The molecule has 1 aromatic heterocycles. The molecule has 1 fully saturated rings. The topological polar surface area (TPSA) is 35.0 Å². The number of aromatic nitrogens is 2. The predicted octanol–water partition coefficient (Wildman–Crippen LogP) is 4.04. The van der Waals surface area contributed by atoms with E-state index in [-0.39, 0.29) is 6.10 Å². The van der Waals surface area contributed by atoms with Gasteiger partial charge in [0, 0.05) is 12.5 Å². The van der Waals surface area contributed by atoms with Crippen molar-refractivity contribution in [2.24, 2.45) is 5.41 Å². The van der Waals surface area contributed by atoms with Crippen LogP contribution < -0.4 is 4.74 Å². The molecule has 0 saturated heterocycles. The van der Waals surface area contributed by atoms with Crippen LogP contribution >= 0.6 is 11.6 Å². The van der Waals surface area contributed by atoms with Gasteiger partial charge in [0.25, 0.3) is 0 Å². The lowest BCUT2D eigenvalue weighted by atomic mass is 9.76. The van der Waals surface area contributed by atoms with Gasteiger partial charge in [-0.25, -0.2) is 4.98 Å². The van der Waals surface area contributed by atoms with Crippen molar-refractivity contribution in [2.45, 2.75) is 59.0 Å². The molecule has 1 aliphatic carbocycles. The van der Waals surface area contributed by atoms with E-state index in [1.807, 2.05) is 6.92 Å². The molecule has 0 aromatic carbocycles. The number of aryl methyl sites for hydroxylation is 1. The average molecular weight is 269 g/mol. The van der Waals surface area contributed by atoms with Gasteiger partial charge in [-0.3, -0.25) is 0 Å². The summed E-state index contributed by atoms with van der Waals surface area (Å²) in [5, 5.41) is 0.466. The van der Waals surface area contributed by atoms with Gasteiger partial charge in [0.1, 0.15) is 17.1 Å². The van der Waals surface area contributed by atoms with E-state index in [0.29, 0.717) is 16.4 Å². The Morgan fingerprint density at radius 1 is 1.33 bits per heavy atom. The molecule has 0 amide bonds. The molecule has 0 bridgehead atoms. The monoisotopic (exact) mass is 268 g/mol. The molecular formula is C14H21ClN2O. The Morgan fingerprint density at radius 3 is 2.61 bits per heavy atom. The summed E-state index contributed by atoms with van der Waals surface area (Å²) < 4.78 is 5.94. The van der Waals surface area contributed by atoms with Gasteiger partial charge in [-0.05, 0) is 31.1 Å². The molecule has 0 unspecified atom stereocenters. The van der Waals surface area contributed by atoms with Gasteiger partial charge in [-0.1, -0.05) is 32.4 Å². The van der Waals surface area contributed by atoms with Crippen LogP contribution in [0.25, 0.3) is 0 Å². The Balaban J connectivity index is 2.00. The Hall–Kier alpha value is -0.830. The van der Waals surface area contributed by atoms with Crippen LogP contribution in [0.2, 0.25) is 5.15 Å². The predicted molar refractivity (Wildman–Crippen MR) is 73.1 cm³/mol. The summed E-state index contributed by atoms with van der Waals surface area (Å²) in [6, 6.07) is 1.71. The molecule has 1 aromatic rings. The van der Waals surface area contributed by atoms with E-state index >= 15 is 0 Å². The lowest BCUT2D eigenvalue weighted by molar-refractivity contribution is 0.0946. The zero-order valence-corrected chi connectivity index (χ0v) is 12.1. The normalized spacial score (nSPS) is 19.8. The van der Waals surface area contributed by atoms with E-state index in [4.69, 9.17) is 16.3 Å². The zero-order valence-electron chi connectivity index (χ0n) is 11.4. The van der Waals surface area contributed by atoms with E-state index in [0.717, 1.165) is 25.1 Å². The van der Waals surface area contributed by atoms with Gasteiger partial charge < -0.3 is 4.74 Å². The minimum atomic E-state index is 0.272. The van der Waals surface area contributed by atoms with Gasteiger partial charge in [0.15, 0.2) is 0 Å². The summed E-state index contributed by atoms with van der Waals surface area (Å²) in [5.74, 6) is 1.37. The van der Waals surface area contributed by atoms with E-state index < -0.39 is 0 Å². The van der Waals surface area contributed by atoms with Crippen molar-refractivity contribution in [3.05, 3.63) is 17.0 Å². The Kier molecular flexibility index (Phi) is 4.10. The van der Waals surface area contributed by atoms with Gasteiger partial charge in [-0.2, -0.15) is 4.98 Å². The van der Waals surface area contributed by atoms with E-state index in [9.17, 15) is 0 Å². The van der Waals surface area contributed by atoms with Crippen LogP contribution in [0.4, 0.5) is 0 Å². The number of rotatable bonds is 3. The molecule has 0 N–H and O–H groups in total. The Bertz CT molecular complexity index is 410. The summed E-state index contributed by atoms with van der Waals surface area (Å²) >= 11 is 5.96. The minimum absolute atomic E-state index is 0.272. The number of nitrogens with zero attached hydrogens (tertiary/aromatic N) is 2. The maximum absolute atomic E-state index is 5.96. The van der Waals surface area contributed by atoms with Crippen molar-refractivity contribution in [1.29, 1.82) is 0 Å². The van der Waals surface area contributed by atoms with Crippen LogP contribution in [-0.4, -0.2) is 16.1 Å². The molecule has 4 heteroatoms. The Morgan fingerprint density at radius 2 is 2.00 bits per heavy atom. The zero-order chi connectivity index (χ0) is 13.2. The highest BCUT2D eigenvalue weighted by Gasteiger charge is 2.28. The summed E-state index contributed by atoms with van der Waals surface area (Å²) in [7, 11) is 0. The lowest BCUT2D eigenvalue weighted by Crippen LogP contribution is -2.28. The van der Waals surface area contributed by atoms with Gasteiger partial charge >= 0.3 is 0 Å². The summed E-state index contributed by atoms with van der Waals surface area (Å²) in [5.41, 5.74) is 0.456. The van der Waals surface area contributed by atoms with Gasteiger partial charge in [0.2, 0.25) is 5.88 Å². The highest BCUT2D eigenvalue weighted by Crippen LogP contribution is 2.36. The minimum Gasteiger partial charge on any atom is -0.474 e. The number of halogens is 1. The first-order chi connectivity index (χ1) is 8.48. The number of ether oxygens (including phenoxy) is 1. The van der Waals surface area contributed by atoms with Crippen molar-refractivity contribution in [1.82, 2.24) is 9.97 Å². The molecule has 1 saturated carbocycles. The van der Waals surface area contributed by atoms with Crippen LogP contribution in [0.1, 0.15) is 52.3 Å². The largest absolute Gasteiger partial charge is 0.474 e. The smallest absolute Gasteiger partial charge is 0.218 e. The molecule has 2 rings (SSSR count). The fourth-order valence-corrected chi connectivity index (χ4v) is 2.51. The third-order valence-corrected chi connectivity index (χ3v) is 3.80. The number of hydrogen-bond donors (Lipinski definition) is 0. The standard InChI is InChI=1S/C14H21ClN2O/c1-4-12-16-11(15)9-13(17-12)18-10-5-7-14(2,3)8-6-10/h9-10H,4-8H2,1-3H3. The van der Waals surface area contributed by atoms with Crippen LogP contribution in [0, 0.1) is 5.41 Å². The van der Waals surface area contributed by atoms with Crippen molar-refractivity contribution < 1.29 is 4.74 Å². The molecular weight excluding hydrogens is 248 g/mol. The molecule has 0 aliphatic heterocycles. The summed E-state index contributed by atoms with van der Waals surface area (Å²) in [6.07, 6.45) is 5.64. The second-order valence-electron chi connectivity index (χ2n) is 5.78. The third-order valence-electron chi connectivity index (χ3n) is 3.61. The van der Waals surface area contributed by atoms with Crippen molar-refractivity contribution in [2.75, 3.05) is 0 Å². The molecule has 0 atom stereocenters. The van der Waals surface area contributed by atoms with Crippen molar-refractivity contribution >= 4 is 11.6 Å². The van der Waals surface area contributed by atoms with Crippen LogP contribution in [0.5, 0.6) is 5.88 Å². The highest BCUT2D eigenvalue weighted by atomic mass is 35.5. The second-order valence-corrected chi connectivity index (χ2v) is 6.17. The molecule has 0 spiro atoms. The quantitative estimate of drug-likeness (QED) is 0.776. The van der Waals surface area contributed by atoms with E-state index in [1.54, 1.807) is 6.07 Å². The average Bonchev–Trinajstić information content (AvgIpc) is 2.31. The van der Waals surface area contributed by atoms with Crippen LogP contribution in [-0.2, 0) is 6.42 Å². The van der Waals surface area contributed by atoms with Crippen LogP contribution in [0.15, 0.2) is 6.07 Å². The van der Waals surface area contributed by atoms with Crippen LogP contribution in [0.3, 0.4) is 0 Å². The van der Waals surface area contributed by atoms with E-state index in [1.165, 1.54) is 12.8 Å². The van der Waals surface area contributed by atoms with E-state index in [2.05, 4.69) is 23.8 Å². The number of hydrogen-bond acceptors (Lipinski definition) is 3. The maximum Gasteiger partial charge on any atom is 0.218 e. The molecule has 18 heavy (non-hydrogen) atoms. The first-order valence-corrected chi connectivity index (χ1v) is 7.06. The Labute approximate surface area is 114 Å². The van der Waals surface area contributed by atoms with Crippen molar-refractivity contribution in [3.63, 3.8) is 0 Å². The molecule has 100 valence electrons. The maximum atomic E-state index is 5.96. The summed E-state index contributed by atoms with van der Waals surface area (Å²) in [6.45, 7) is 6.65. The first-order valence-electron chi connectivity index (χ1n) is 6.68. The molecule has 1 aliphatic rings. The third kappa shape index (κ3) is 3.58. The molecule has 0 radical (unpaired) electrons. The molecule has 3 nitrogen and oxygen atoms in total. The SMILES string of the molecule is CCc1nc(Cl)cc(OC2CCC(C)(C)CC2)n1. The van der Waals surface area contributed by atoms with Crippen molar-refractivity contribution in [3.8, 4) is 5.88 Å². The highest BCUT2D eigenvalue weighted by molar-refractivity contribution is 6.29. The first kappa shape index (κ1) is 13.6. The van der Waals surface area contributed by atoms with Gasteiger partial charge in [0.05, 0.1) is 0 Å².